The summed E-state index contributed by atoms with van der Waals surface area (Å²) in [6, 6.07) is 3.30. The number of aliphatic hydroxyl groups excluding tert-OH is 1. The number of amides is 4. The standard InChI is InChI=1S/C36H54F2N4O8/c1-6-7-8-12-15-25(31(44)34(47)40-26(36(49)50)20-23-13-10-9-11-14-23)39-32(45)29-24(16-17-27(37)38)18-19-42(29)35(48)28(21(2)3)41-33(46)30(43)22(4)5/h9-11,13-14,21-22,24-30,43H,6-8,12,15-20H2,1-5H3,(H,39,45)(H,40,47)(H,41,46)(H,49,50)/t24?,25?,26-,28-,29-,30-/m0/s1. The fourth-order valence-electron chi connectivity index (χ4n) is 6.07. The number of benzene rings is 1. The maximum Gasteiger partial charge on any atom is 0.326 e. The number of likely N-dealkylation sites (tertiary alicyclic amines) is 1. The molecule has 0 saturated carbocycles. The largest absolute Gasteiger partial charge is 0.480 e. The summed E-state index contributed by atoms with van der Waals surface area (Å²) in [5.41, 5.74) is 0.618. The molecule has 12 nitrogen and oxygen atoms in total. The zero-order valence-electron chi connectivity index (χ0n) is 29.7. The number of carbonyl (C=O) groups excluding carboxylic acids is 5. The van der Waals surface area contributed by atoms with E-state index in [2.05, 4.69) is 16.0 Å². The van der Waals surface area contributed by atoms with Gasteiger partial charge >= 0.3 is 5.97 Å². The maximum absolute atomic E-state index is 14.0. The summed E-state index contributed by atoms with van der Waals surface area (Å²) in [7, 11) is 0. The minimum Gasteiger partial charge on any atom is -0.480 e. The van der Waals surface area contributed by atoms with Crippen LogP contribution in [0.2, 0.25) is 0 Å². The van der Waals surface area contributed by atoms with Crippen LogP contribution in [0.15, 0.2) is 30.3 Å². The zero-order chi connectivity index (χ0) is 37.5. The lowest BCUT2D eigenvalue weighted by molar-refractivity contribution is -0.147. The molecule has 1 fully saturated rings. The van der Waals surface area contributed by atoms with E-state index in [1.54, 1.807) is 58.0 Å². The van der Waals surface area contributed by atoms with Gasteiger partial charge in [-0.1, -0.05) is 90.6 Å². The topological polar surface area (TPSA) is 182 Å². The smallest absolute Gasteiger partial charge is 0.326 e. The van der Waals surface area contributed by atoms with Crippen molar-refractivity contribution < 1.29 is 47.8 Å². The van der Waals surface area contributed by atoms with Crippen molar-refractivity contribution in [1.82, 2.24) is 20.9 Å². The Labute approximate surface area is 293 Å². The number of hydrogen-bond acceptors (Lipinski definition) is 7. The van der Waals surface area contributed by atoms with Crippen LogP contribution in [0.25, 0.3) is 0 Å². The van der Waals surface area contributed by atoms with Crippen LogP contribution in [0.5, 0.6) is 0 Å². The highest BCUT2D eigenvalue weighted by atomic mass is 19.3. The number of carbonyl (C=O) groups is 6. The second kappa shape index (κ2) is 20.7. The highest BCUT2D eigenvalue weighted by Crippen LogP contribution is 2.31. The molecule has 14 heteroatoms. The predicted molar refractivity (Wildman–Crippen MR) is 182 cm³/mol. The van der Waals surface area contributed by atoms with E-state index < -0.39 is 96.3 Å². The van der Waals surface area contributed by atoms with Gasteiger partial charge in [-0.15, -0.1) is 0 Å². The van der Waals surface area contributed by atoms with Gasteiger partial charge in [0.25, 0.3) is 5.91 Å². The summed E-state index contributed by atoms with van der Waals surface area (Å²) in [4.78, 5) is 80.6. The Hall–Kier alpha value is -3.94. The maximum atomic E-state index is 14.0. The van der Waals surface area contributed by atoms with E-state index in [0.29, 0.717) is 18.4 Å². The Morgan fingerprint density at radius 2 is 1.54 bits per heavy atom. The number of nitrogens with zero attached hydrogens (tertiary/aromatic N) is 1. The second-order valence-corrected chi connectivity index (χ2v) is 13.7. The molecule has 1 saturated heterocycles. The Morgan fingerprint density at radius 1 is 0.880 bits per heavy atom. The normalized spacial score (nSPS) is 18.4. The van der Waals surface area contributed by atoms with E-state index in [9.17, 15) is 47.8 Å². The van der Waals surface area contributed by atoms with Crippen molar-refractivity contribution >= 4 is 35.4 Å². The molecule has 280 valence electrons. The van der Waals surface area contributed by atoms with E-state index in [0.717, 1.165) is 12.8 Å². The number of aliphatic carboxylic acids is 1. The first-order valence-electron chi connectivity index (χ1n) is 17.6. The molecule has 1 aromatic carbocycles. The number of nitrogens with one attached hydrogen (secondary N) is 3. The molecule has 0 spiro atoms. The number of aliphatic hydroxyl groups is 1. The van der Waals surface area contributed by atoms with Crippen LogP contribution in [-0.4, -0.2) is 93.7 Å². The van der Waals surface area contributed by atoms with Gasteiger partial charge in [0, 0.05) is 19.4 Å². The molecule has 6 atom stereocenters. The van der Waals surface area contributed by atoms with Gasteiger partial charge in [-0.3, -0.25) is 24.0 Å². The first-order chi connectivity index (χ1) is 23.6. The molecule has 1 aromatic rings. The third kappa shape index (κ3) is 12.7. The van der Waals surface area contributed by atoms with Crippen molar-refractivity contribution in [2.45, 2.75) is 129 Å². The molecule has 1 aliphatic rings. The Morgan fingerprint density at radius 3 is 2.10 bits per heavy atom. The highest BCUT2D eigenvalue weighted by Gasteiger charge is 2.45. The number of Topliss-reactive ketones (excluding diaryl/α,β-unsaturated/α-hetero) is 1. The van der Waals surface area contributed by atoms with Crippen LogP contribution < -0.4 is 16.0 Å². The summed E-state index contributed by atoms with van der Waals surface area (Å²) in [5, 5.41) is 27.5. The van der Waals surface area contributed by atoms with E-state index in [1.165, 1.54) is 4.90 Å². The van der Waals surface area contributed by atoms with Crippen LogP contribution in [0, 0.1) is 17.8 Å². The van der Waals surface area contributed by atoms with Gasteiger partial charge < -0.3 is 31.1 Å². The van der Waals surface area contributed by atoms with Crippen LogP contribution in [0.3, 0.4) is 0 Å². The number of hydrogen-bond donors (Lipinski definition) is 5. The molecular weight excluding hydrogens is 654 g/mol. The molecular formula is C36H54F2N4O8. The molecule has 2 unspecified atom stereocenters. The first-order valence-corrected chi connectivity index (χ1v) is 17.6. The van der Waals surface area contributed by atoms with E-state index >= 15 is 0 Å². The zero-order valence-corrected chi connectivity index (χ0v) is 29.7. The molecule has 0 radical (unpaired) electrons. The second-order valence-electron chi connectivity index (χ2n) is 13.7. The summed E-state index contributed by atoms with van der Waals surface area (Å²) in [6.45, 7) is 8.63. The van der Waals surface area contributed by atoms with Crippen LogP contribution in [0.4, 0.5) is 8.78 Å². The minimum absolute atomic E-state index is 0.0199. The van der Waals surface area contributed by atoms with Crippen LogP contribution in [0.1, 0.15) is 91.5 Å². The van der Waals surface area contributed by atoms with E-state index in [1.807, 2.05) is 6.92 Å². The number of carboxylic acid groups (broad SMARTS) is 1. The third-order valence-corrected chi connectivity index (χ3v) is 9.05. The van der Waals surface area contributed by atoms with Crippen molar-refractivity contribution in [3.05, 3.63) is 35.9 Å². The summed E-state index contributed by atoms with van der Waals surface area (Å²) < 4.78 is 26.6. The lowest BCUT2D eigenvalue weighted by Crippen LogP contribution is -2.59. The van der Waals surface area contributed by atoms with Gasteiger partial charge in [-0.2, -0.15) is 0 Å². The van der Waals surface area contributed by atoms with Crippen molar-refractivity contribution in [2.24, 2.45) is 17.8 Å². The van der Waals surface area contributed by atoms with Gasteiger partial charge in [0.1, 0.15) is 24.2 Å². The summed E-state index contributed by atoms with van der Waals surface area (Å²) >= 11 is 0. The fraction of sp³-hybridized carbons (Fsp3) is 0.667. The summed E-state index contributed by atoms with van der Waals surface area (Å²) in [5.74, 6) is -7.45. The molecule has 2 rings (SSSR count). The predicted octanol–water partition coefficient (Wildman–Crippen LogP) is 3.24. The lowest BCUT2D eigenvalue weighted by atomic mass is 9.92. The van der Waals surface area contributed by atoms with Crippen molar-refractivity contribution in [1.29, 1.82) is 0 Å². The van der Waals surface area contributed by atoms with Gasteiger partial charge in [-0.25, -0.2) is 13.6 Å². The number of alkyl halides is 2. The number of unbranched alkanes of at least 4 members (excludes halogenated alkanes) is 3. The molecule has 4 amide bonds. The van der Waals surface area contributed by atoms with Crippen LogP contribution >= 0.6 is 0 Å². The SMILES string of the molecule is CCCCCCC(NC(=O)[C@@H]1C(CCC(F)F)CCN1C(=O)[C@@H](NC(=O)[C@@H](O)C(C)C)C(C)C)C(=O)C(=O)N[C@@H](Cc1ccccc1)C(=O)O. The van der Waals surface area contributed by atoms with E-state index in [-0.39, 0.29) is 32.2 Å². The molecule has 1 heterocycles. The summed E-state index contributed by atoms with van der Waals surface area (Å²) in [6.07, 6.45) is -1.66. The lowest BCUT2D eigenvalue weighted by Gasteiger charge is -2.33. The van der Waals surface area contributed by atoms with Crippen molar-refractivity contribution in [2.75, 3.05) is 6.54 Å². The van der Waals surface area contributed by atoms with Crippen LogP contribution in [-0.2, 0) is 35.2 Å². The first kappa shape index (κ1) is 42.2. The van der Waals surface area contributed by atoms with Gasteiger partial charge in [0.2, 0.25) is 29.9 Å². The number of carboxylic acids is 1. The van der Waals surface area contributed by atoms with Crippen molar-refractivity contribution in [3.8, 4) is 0 Å². The third-order valence-electron chi connectivity index (χ3n) is 9.05. The number of rotatable bonds is 21. The Balaban J connectivity index is 2.37. The van der Waals surface area contributed by atoms with E-state index in [4.69, 9.17) is 0 Å². The number of ketones is 1. The highest BCUT2D eigenvalue weighted by molar-refractivity contribution is 6.38. The Bertz CT molecular complexity index is 1300. The fourth-order valence-corrected chi connectivity index (χ4v) is 6.07. The average molecular weight is 709 g/mol. The van der Waals surface area contributed by atoms with Gasteiger partial charge in [0.05, 0.1) is 6.04 Å². The molecule has 0 aromatic heterocycles. The molecule has 0 aliphatic carbocycles. The molecule has 50 heavy (non-hydrogen) atoms. The minimum atomic E-state index is -2.65. The monoisotopic (exact) mass is 708 g/mol. The Kier molecular flexibility index (Phi) is 17.5. The van der Waals surface area contributed by atoms with Gasteiger partial charge in [0.15, 0.2) is 0 Å². The average Bonchev–Trinajstić information content (AvgIpc) is 3.50. The number of halogens is 2. The van der Waals surface area contributed by atoms with Gasteiger partial charge in [-0.05, 0) is 42.6 Å². The molecule has 1 aliphatic heterocycles. The quantitative estimate of drug-likeness (QED) is 0.0953. The molecule has 0 bridgehead atoms. The van der Waals surface area contributed by atoms with Crippen molar-refractivity contribution in [3.63, 3.8) is 0 Å². The molecule has 5 N–H and O–H groups in total.